The highest BCUT2D eigenvalue weighted by Crippen LogP contribution is 2.41. The summed E-state index contributed by atoms with van der Waals surface area (Å²) >= 11 is 0. The molecule has 0 unspecified atom stereocenters. The minimum atomic E-state index is 0.730. The van der Waals surface area contributed by atoms with E-state index in [4.69, 9.17) is 9.47 Å². The van der Waals surface area contributed by atoms with Crippen LogP contribution in [0.2, 0.25) is 0 Å². The van der Waals surface area contributed by atoms with Crippen LogP contribution in [0.1, 0.15) is 37.8 Å². The highest BCUT2D eigenvalue weighted by Gasteiger charge is 2.16. The van der Waals surface area contributed by atoms with Crippen molar-refractivity contribution in [2.75, 3.05) is 13.2 Å². The fraction of sp³-hybridized carbons (Fsp3) is 0.400. The van der Waals surface area contributed by atoms with Gasteiger partial charge >= 0.3 is 0 Å². The highest BCUT2D eigenvalue weighted by atomic mass is 16.5. The van der Waals surface area contributed by atoms with Crippen molar-refractivity contribution in [2.24, 2.45) is 0 Å². The van der Waals surface area contributed by atoms with Gasteiger partial charge in [-0.05, 0) is 49.9 Å². The van der Waals surface area contributed by atoms with Crippen molar-refractivity contribution in [1.82, 2.24) is 0 Å². The molecule has 0 spiro atoms. The Bertz CT molecular complexity index is 562. The lowest BCUT2D eigenvalue weighted by Crippen LogP contribution is -2.02. The fourth-order valence-corrected chi connectivity index (χ4v) is 2.59. The molecule has 118 valence electrons. The van der Waals surface area contributed by atoms with E-state index in [2.05, 4.69) is 52.0 Å². The molecular formula is C20H26O2. The zero-order chi connectivity index (χ0) is 15.9. The average molecular weight is 298 g/mol. The first-order chi connectivity index (χ1) is 10.7. The maximum absolute atomic E-state index is 5.98. The minimum Gasteiger partial charge on any atom is -0.493 e. The first-order valence-corrected chi connectivity index (χ1v) is 8.14. The summed E-state index contributed by atoms with van der Waals surface area (Å²) in [4.78, 5) is 0. The van der Waals surface area contributed by atoms with Crippen LogP contribution in [-0.2, 0) is 0 Å². The predicted molar refractivity (Wildman–Crippen MR) is 92.9 cm³/mol. The predicted octanol–water partition coefficient (Wildman–Crippen LogP) is 5.55. The van der Waals surface area contributed by atoms with Crippen LogP contribution in [0.4, 0.5) is 0 Å². The Kier molecular flexibility index (Phi) is 5.88. The molecule has 0 N–H and O–H groups in total. The Balaban J connectivity index is 2.55. The molecule has 2 rings (SSSR count). The van der Waals surface area contributed by atoms with Gasteiger partial charge in [0, 0.05) is 11.1 Å². The number of benzene rings is 2. The zero-order valence-corrected chi connectivity index (χ0v) is 14.1. The SMILES string of the molecule is CCCOc1cccc(C)c1-c1c(C)cccc1OCCC. The highest BCUT2D eigenvalue weighted by molar-refractivity contribution is 5.81. The van der Waals surface area contributed by atoms with E-state index in [0.29, 0.717) is 0 Å². The molecule has 2 heteroatoms. The number of hydrogen-bond acceptors (Lipinski definition) is 2. The van der Waals surface area contributed by atoms with Gasteiger partial charge in [-0.15, -0.1) is 0 Å². The van der Waals surface area contributed by atoms with E-state index in [1.807, 2.05) is 12.1 Å². The van der Waals surface area contributed by atoms with Gasteiger partial charge in [-0.25, -0.2) is 0 Å². The number of rotatable bonds is 7. The molecule has 22 heavy (non-hydrogen) atoms. The van der Waals surface area contributed by atoms with Crippen LogP contribution in [0, 0.1) is 13.8 Å². The van der Waals surface area contributed by atoms with E-state index in [-0.39, 0.29) is 0 Å². The Morgan fingerprint density at radius 3 is 1.45 bits per heavy atom. The summed E-state index contributed by atoms with van der Waals surface area (Å²) < 4.78 is 12.0. The van der Waals surface area contributed by atoms with Gasteiger partial charge in [0.2, 0.25) is 0 Å². The van der Waals surface area contributed by atoms with Gasteiger partial charge in [0.05, 0.1) is 13.2 Å². The van der Waals surface area contributed by atoms with Gasteiger partial charge in [-0.3, -0.25) is 0 Å². The van der Waals surface area contributed by atoms with Crippen molar-refractivity contribution in [3.8, 4) is 22.6 Å². The molecule has 0 heterocycles. The Morgan fingerprint density at radius 2 is 1.09 bits per heavy atom. The molecule has 0 aliphatic rings. The van der Waals surface area contributed by atoms with Crippen LogP contribution in [0.5, 0.6) is 11.5 Å². The van der Waals surface area contributed by atoms with Crippen LogP contribution in [0.3, 0.4) is 0 Å². The molecule has 0 fully saturated rings. The van der Waals surface area contributed by atoms with E-state index in [1.165, 1.54) is 11.1 Å². The lowest BCUT2D eigenvalue weighted by Gasteiger charge is -2.19. The Labute approximate surface area is 134 Å². The Hall–Kier alpha value is -1.96. The summed E-state index contributed by atoms with van der Waals surface area (Å²) in [6.45, 7) is 9.97. The number of aryl methyl sites for hydroxylation is 2. The smallest absolute Gasteiger partial charge is 0.127 e. The first-order valence-electron chi connectivity index (χ1n) is 8.14. The van der Waals surface area contributed by atoms with E-state index < -0.39 is 0 Å². The van der Waals surface area contributed by atoms with Crippen LogP contribution >= 0.6 is 0 Å². The van der Waals surface area contributed by atoms with E-state index in [0.717, 1.165) is 48.7 Å². The second-order valence-electron chi connectivity index (χ2n) is 5.59. The quantitative estimate of drug-likeness (QED) is 0.667. The van der Waals surface area contributed by atoms with E-state index in [1.54, 1.807) is 0 Å². The second kappa shape index (κ2) is 7.88. The van der Waals surface area contributed by atoms with Gasteiger partial charge in [-0.2, -0.15) is 0 Å². The van der Waals surface area contributed by atoms with Crippen molar-refractivity contribution < 1.29 is 9.47 Å². The molecule has 0 atom stereocenters. The molecule has 0 radical (unpaired) electrons. The molecule has 0 saturated heterocycles. The van der Waals surface area contributed by atoms with Gasteiger partial charge in [-0.1, -0.05) is 38.1 Å². The van der Waals surface area contributed by atoms with Gasteiger partial charge in [0.25, 0.3) is 0 Å². The Morgan fingerprint density at radius 1 is 0.682 bits per heavy atom. The van der Waals surface area contributed by atoms with Crippen molar-refractivity contribution in [3.05, 3.63) is 47.5 Å². The van der Waals surface area contributed by atoms with Gasteiger partial charge in [0.1, 0.15) is 11.5 Å². The molecule has 0 saturated carbocycles. The normalized spacial score (nSPS) is 10.5. The summed E-state index contributed by atoms with van der Waals surface area (Å²) in [6.07, 6.45) is 2.00. The summed E-state index contributed by atoms with van der Waals surface area (Å²) in [7, 11) is 0. The zero-order valence-electron chi connectivity index (χ0n) is 14.1. The summed E-state index contributed by atoms with van der Waals surface area (Å²) in [5.41, 5.74) is 4.73. The van der Waals surface area contributed by atoms with Crippen LogP contribution in [0.25, 0.3) is 11.1 Å². The maximum Gasteiger partial charge on any atom is 0.127 e. The molecule has 0 aliphatic heterocycles. The largest absolute Gasteiger partial charge is 0.493 e. The topological polar surface area (TPSA) is 18.5 Å². The minimum absolute atomic E-state index is 0.730. The summed E-state index contributed by atoms with van der Waals surface area (Å²) in [5, 5.41) is 0. The lowest BCUT2D eigenvalue weighted by molar-refractivity contribution is 0.314. The van der Waals surface area contributed by atoms with Gasteiger partial charge < -0.3 is 9.47 Å². The molecule has 0 bridgehead atoms. The van der Waals surface area contributed by atoms with E-state index >= 15 is 0 Å². The molecule has 0 amide bonds. The van der Waals surface area contributed by atoms with Crippen molar-refractivity contribution >= 4 is 0 Å². The molecule has 0 aromatic heterocycles. The molecule has 2 nitrogen and oxygen atoms in total. The third-order valence-corrected chi connectivity index (χ3v) is 3.64. The van der Waals surface area contributed by atoms with Gasteiger partial charge in [0.15, 0.2) is 0 Å². The van der Waals surface area contributed by atoms with Crippen LogP contribution in [0.15, 0.2) is 36.4 Å². The fourth-order valence-electron chi connectivity index (χ4n) is 2.59. The summed E-state index contributed by atoms with van der Waals surface area (Å²) in [5.74, 6) is 1.88. The third kappa shape index (κ3) is 3.62. The van der Waals surface area contributed by atoms with Crippen molar-refractivity contribution in [2.45, 2.75) is 40.5 Å². The van der Waals surface area contributed by atoms with Crippen LogP contribution < -0.4 is 9.47 Å². The first kappa shape index (κ1) is 16.4. The summed E-state index contributed by atoms with van der Waals surface area (Å²) in [6, 6.07) is 12.5. The molecule has 0 aliphatic carbocycles. The molecule has 2 aromatic carbocycles. The maximum atomic E-state index is 5.98. The van der Waals surface area contributed by atoms with Crippen LogP contribution in [-0.4, -0.2) is 13.2 Å². The van der Waals surface area contributed by atoms with Crippen molar-refractivity contribution in [1.29, 1.82) is 0 Å². The standard InChI is InChI=1S/C20H26O2/c1-5-13-21-17-11-7-9-15(3)19(17)20-16(4)10-8-12-18(20)22-14-6-2/h7-12H,5-6,13-14H2,1-4H3. The lowest BCUT2D eigenvalue weighted by atomic mass is 9.94. The molecular weight excluding hydrogens is 272 g/mol. The van der Waals surface area contributed by atoms with Crippen molar-refractivity contribution in [3.63, 3.8) is 0 Å². The number of hydrogen-bond donors (Lipinski definition) is 0. The molecule has 2 aromatic rings. The third-order valence-electron chi connectivity index (χ3n) is 3.64. The average Bonchev–Trinajstić information content (AvgIpc) is 2.52. The monoisotopic (exact) mass is 298 g/mol. The number of ether oxygens (including phenoxy) is 2. The van der Waals surface area contributed by atoms with E-state index in [9.17, 15) is 0 Å². The second-order valence-corrected chi connectivity index (χ2v) is 5.59.